The fourth-order valence-corrected chi connectivity index (χ4v) is 2.63. The van der Waals surface area contributed by atoms with Crippen molar-refractivity contribution in [2.24, 2.45) is 0 Å². The molecule has 1 N–H and O–H groups in total. The number of hydrogen-bond donors (Lipinski definition) is 1. The molecule has 3 nitrogen and oxygen atoms in total. The van der Waals surface area contributed by atoms with Crippen LogP contribution in [0.1, 0.15) is 40.5 Å². The fraction of sp³-hybridized carbons (Fsp3) is 1.00. The van der Waals surface area contributed by atoms with E-state index in [1.807, 2.05) is 31.7 Å². The highest BCUT2D eigenvalue weighted by atomic mass is 33.1. The maximum absolute atomic E-state index is 5.49. The summed E-state index contributed by atoms with van der Waals surface area (Å²) in [4.78, 5) is 0. The second-order valence-corrected chi connectivity index (χ2v) is 6.23. The predicted molar refractivity (Wildman–Crippen MR) is 86.5 cm³/mol. The summed E-state index contributed by atoms with van der Waals surface area (Å²) >= 11 is 0. The molecule has 0 bridgehead atoms. The first-order valence-electron chi connectivity index (χ1n) is 6.85. The van der Waals surface area contributed by atoms with Crippen LogP contribution < -0.4 is 5.32 Å². The van der Waals surface area contributed by atoms with Gasteiger partial charge in [-0.15, -0.1) is 0 Å². The lowest BCUT2D eigenvalue weighted by atomic mass is 10.3. The van der Waals surface area contributed by atoms with Crippen LogP contribution >= 0.6 is 21.6 Å². The lowest BCUT2D eigenvalue weighted by Gasteiger charge is -2.07. The molecule has 0 amide bonds. The Balaban J connectivity index is 0. The molecule has 0 rings (SSSR count). The van der Waals surface area contributed by atoms with E-state index >= 15 is 0 Å². The van der Waals surface area contributed by atoms with Crippen LogP contribution in [0.5, 0.6) is 0 Å². The van der Waals surface area contributed by atoms with Gasteiger partial charge in [0.05, 0.1) is 6.10 Å². The topological polar surface area (TPSA) is 30.5 Å². The summed E-state index contributed by atoms with van der Waals surface area (Å²) in [6.45, 7) is 10.9. The molecule has 18 heavy (non-hydrogen) atoms. The molecule has 0 spiro atoms. The Morgan fingerprint density at radius 1 is 1.06 bits per heavy atom. The van der Waals surface area contributed by atoms with Crippen LogP contribution in [0.4, 0.5) is 0 Å². The van der Waals surface area contributed by atoms with E-state index in [1.165, 1.54) is 0 Å². The van der Waals surface area contributed by atoms with E-state index in [4.69, 9.17) is 9.47 Å². The van der Waals surface area contributed by atoms with Crippen molar-refractivity contribution < 1.29 is 9.47 Å². The first-order valence-corrected chi connectivity index (χ1v) is 9.34. The van der Waals surface area contributed by atoms with Gasteiger partial charge in [-0.3, -0.25) is 0 Å². The Morgan fingerprint density at radius 3 is 2.33 bits per heavy atom. The van der Waals surface area contributed by atoms with Crippen molar-refractivity contribution in [3.8, 4) is 0 Å². The molecule has 0 fully saturated rings. The number of hydrogen-bond acceptors (Lipinski definition) is 5. The Bertz CT molecular complexity index is 138. The van der Waals surface area contributed by atoms with Gasteiger partial charge in [0.15, 0.2) is 0 Å². The van der Waals surface area contributed by atoms with Crippen molar-refractivity contribution in [1.29, 1.82) is 0 Å². The van der Waals surface area contributed by atoms with Crippen molar-refractivity contribution in [2.45, 2.75) is 46.6 Å². The molecule has 0 saturated heterocycles. The van der Waals surface area contributed by atoms with Crippen LogP contribution in [0.2, 0.25) is 0 Å². The van der Waals surface area contributed by atoms with Gasteiger partial charge in [-0.25, -0.2) is 0 Å². The highest BCUT2D eigenvalue weighted by Crippen LogP contribution is 2.20. The van der Waals surface area contributed by atoms with Crippen molar-refractivity contribution >= 4 is 21.6 Å². The van der Waals surface area contributed by atoms with Crippen molar-refractivity contribution in [1.82, 2.24) is 5.32 Å². The van der Waals surface area contributed by atoms with Crippen molar-refractivity contribution in [2.75, 3.05) is 38.5 Å². The molecule has 0 aromatic rings. The molecule has 0 aliphatic rings. The Labute approximate surface area is 122 Å². The van der Waals surface area contributed by atoms with Gasteiger partial charge in [0, 0.05) is 25.5 Å². The number of unbranched alkanes of at least 4 members (excludes halogenated alkanes) is 1. The van der Waals surface area contributed by atoms with E-state index in [9.17, 15) is 0 Å². The average Bonchev–Trinajstić information content (AvgIpc) is 2.38. The Hall–Kier alpha value is 0.580. The lowest BCUT2D eigenvalue weighted by molar-refractivity contribution is 0.0702. The van der Waals surface area contributed by atoms with E-state index < -0.39 is 0 Å². The molecular weight excluding hydrogens is 266 g/mol. The zero-order valence-corrected chi connectivity index (χ0v) is 14.3. The summed E-state index contributed by atoms with van der Waals surface area (Å²) in [5.41, 5.74) is 0. The van der Waals surface area contributed by atoms with Gasteiger partial charge in [0.2, 0.25) is 0 Å². The van der Waals surface area contributed by atoms with Crippen LogP contribution in [0, 0.1) is 0 Å². The van der Waals surface area contributed by atoms with Crippen molar-refractivity contribution in [3.63, 3.8) is 0 Å². The molecule has 0 atom stereocenters. The van der Waals surface area contributed by atoms with E-state index in [0.29, 0.717) is 6.10 Å². The monoisotopic (exact) mass is 297 g/mol. The highest BCUT2D eigenvalue weighted by molar-refractivity contribution is 8.76. The van der Waals surface area contributed by atoms with Crippen LogP contribution in [0.15, 0.2) is 0 Å². The van der Waals surface area contributed by atoms with Gasteiger partial charge in [-0.05, 0) is 33.7 Å². The average molecular weight is 298 g/mol. The second kappa shape index (κ2) is 19.9. The first-order chi connectivity index (χ1) is 8.77. The third-order valence-corrected chi connectivity index (χ3v) is 3.87. The van der Waals surface area contributed by atoms with E-state index in [1.54, 1.807) is 10.8 Å². The molecule has 112 valence electrons. The maximum Gasteiger partial charge on any atom is 0.102 e. The molecule has 0 aliphatic carbocycles. The third kappa shape index (κ3) is 21.8. The quantitative estimate of drug-likeness (QED) is 0.336. The van der Waals surface area contributed by atoms with Gasteiger partial charge in [0.1, 0.15) is 5.94 Å². The van der Waals surface area contributed by atoms with Gasteiger partial charge in [-0.1, -0.05) is 35.4 Å². The zero-order valence-electron chi connectivity index (χ0n) is 12.7. The SMILES string of the molecule is CC.CNCCSSCOCCCCOC(C)C. The second-order valence-electron chi connectivity index (χ2n) is 3.70. The zero-order chi connectivity index (χ0) is 14.1. The Kier molecular flexibility index (Phi) is 23.1. The first kappa shape index (κ1) is 20.9. The summed E-state index contributed by atoms with van der Waals surface area (Å²) in [6, 6.07) is 0. The molecule has 0 aromatic heterocycles. The van der Waals surface area contributed by atoms with Gasteiger partial charge >= 0.3 is 0 Å². The van der Waals surface area contributed by atoms with Gasteiger partial charge in [-0.2, -0.15) is 0 Å². The number of ether oxygens (including phenoxy) is 2. The molecular formula is C13H31NO2S2. The largest absolute Gasteiger partial charge is 0.379 e. The molecule has 0 radical (unpaired) electrons. The van der Waals surface area contributed by atoms with Crippen LogP contribution in [-0.2, 0) is 9.47 Å². The molecule has 0 heterocycles. The minimum Gasteiger partial charge on any atom is -0.379 e. The summed E-state index contributed by atoms with van der Waals surface area (Å²) < 4.78 is 10.9. The van der Waals surface area contributed by atoms with E-state index in [0.717, 1.165) is 44.3 Å². The lowest BCUT2D eigenvalue weighted by Crippen LogP contribution is -2.09. The normalized spacial score (nSPS) is 10.3. The molecule has 5 heteroatoms. The van der Waals surface area contributed by atoms with Crippen LogP contribution in [0.3, 0.4) is 0 Å². The van der Waals surface area contributed by atoms with Crippen LogP contribution in [-0.4, -0.2) is 44.6 Å². The van der Waals surface area contributed by atoms with Crippen molar-refractivity contribution in [3.05, 3.63) is 0 Å². The fourth-order valence-electron chi connectivity index (χ4n) is 0.955. The maximum atomic E-state index is 5.49. The van der Waals surface area contributed by atoms with E-state index in [-0.39, 0.29) is 0 Å². The molecule has 0 unspecified atom stereocenters. The predicted octanol–water partition coefficient (Wildman–Crippen LogP) is 3.79. The molecule has 0 saturated carbocycles. The number of nitrogens with one attached hydrogen (secondary N) is 1. The minimum atomic E-state index is 0.347. The third-order valence-electron chi connectivity index (χ3n) is 1.78. The number of rotatable bonds is 12. The summed E-state index contributed by atoms with van der Waals surface area (Å²) in [5.74, 6) is 1.92. The summed E-state index contributed by atoms with van der Waals surface area (Å²) in [7, 11) is 5.61. The summed E-state index contributed by atoms with van der Waals surface area (Å²) in [5, 5.41) is 3.11. The van der Waals surface area contributed by atoms with Gasteiger partial charge in [0.25, 0.3) is 0 Å². The Morgan fingerprint density at radius 2 is 1.72 bits per heavy atom. The standard InChI is InChI=1S/C11H25NO2S2.C2H6/c1-11(2)14-8-5-4-7-13-10-16-15-9-6-12-3;1-2/h11-12H,4-10H2,1-3H3;1-2H3. The summed E-state index contributed by atoms with van der Waals surface area (Å²) in [6.07, 6.45) is 2.53. The van der Waals surface area contributed by atoms with Crippen LogP contribution in [0.25, 0.3) is 0 Å². The van der Waals surface area contributed by atoms with E-state index in [2.05, 4.69) is 19.2 Å². The highest BCUT2D eigenvalue weighted by Gasteiger charge is 1.94. The minimum absolute atomic E-state index is 0.347. The smallest absolute Gasteiger partial charge is 0.102 e. The molecule has 0 aromatic carbocycles. The van der Waals surface area contributed by atoms with Gasteiger partial charge < -0.3 is 14.8 Å². The molecule has 0 aliphatic heterocycles.